The first-order valence-electron chi connectivity index (χ1n) is 9.20. The monoisotopic (exact) mass is 381 g/mol. The number of aromatic nitrogens is 3. The molecule has 2 heterocycles. The second-order valence-electron chi connectivity index (χ2n) is 6.69. The Morgan fingerprint density at radius 3 is 2.48 bits per heavy atom. The topological polar surface area (TPSA) is 68.0 Å². The van der Waals surface area contributed by atoms with Crippen molar-refractivity contribution in [2.75, 3.05) is 0 Å². The highest BCUT2D eigenvalue weighted by Gasteiger charge is 2.11. The molecule has 142 valence electrons. The van der Waals surface area contributed by atoms with Gasteiger partial charge in [0.15, 0.2) is 0 Å². The average molecular weight is 381 g/mol. The molecule has 0 atom stereocenters. The zero-order chi connectivity index (χ0) is 20.2. The van der Waals surface area contributed by atoms with Gasteiger partial charge in [0, 0.05) is 23.5 Å². The van der Waals surface area contributed by atoms with Crippen molar-refractivity contribution in [3.05, 3.63) is 102 Å². The Kier molecular flexibility index (Phi) is 5.03. The largest absolute Gasteiger partial charge is 0.478 e. The van der Waals surface area contributed by atoms with Crippen LogP contribution in [-0.4, -0.2) is 25.8 Å². The fourth-order valence-electron chi connectivity index (χ4n) is 3.01. The van der Waals surface area contributed by atoms with Crippen LogP contribution in [0.1, 0.15) is 27.2 Å². The number of aryl methyl sites for hydroxylation is 1. The number of hydrogen-bond acceptors (Lipinski definition) is 3. The number of benzene rings is 2. The zero-order valence-corrected chi connectivity index (χ0v) is 15.9. The van der Waals surface area contributed by atoms with E-state index in [2.05, 4.69) is 17.1 Å². The third kappa shape index (κ3) is 4.14. The van der Waals surface area contributed by atoms with E-state index in [4.69, 9.17) is 5.10 Å². The summed E-state index contributed by atoms with van der Waals surface area (Å²) in [6.45, 7) is 2.05. The standard InChI is InChI=1S/C24H19N3O2/c1-17-7-9-18(10-8-17)23-20(16-27(26-23)22-5-3-2-4-6-22)11-12-21-15-19(24(28)29)13-14-25-21/h2-16H,1H3,(H,28,29)/b12-11+. The third-order valence-electron chi connectivity index (χ3n) is 4.55. The number of para-hydroxylation sites is 1. The number of pyridine rings is 1. The van der Waals surface area contributed by atoms with Crippen LogP contribution in [0.2, 0.25) is 0 Å². The van der Waals surface area contributed by atoms with E-state index >= 15 is 0 Å². The molecule has 0 spiro atoms. The predicted molar refractivity (Wildman–Crippen MR) is 114 cm³/mol. The van der Waals surface area contributed by atoms with Gasteiger partial charge in [-0.25, -0.2) is 9.48 Å². The van der Waals surface area contributed by atoms with E-state index in [1.807, 2.05) is 66.3 Å². The summed E-state index contributed by atoms with van der Waals surface area (Å²) in [5.41, 5.74) is 5.71. The Balaban J connectivity index is 1.76. The van der Waals surface area contributed by atoms with Crippen molar-refractivity contribution in [1.82, 2.24) is 14.8 Å². The van der Waals surface area contributed by atoms with Crippen LogP contribution in [-0.2, 0) is 0 Å². The van der Waals surface area contributed by atoms with Gasteiger partial charge in [-0.2, -0.15) is 5.10 Å². The van der Waals surface area contributed by atoms with Crippen molar-refractivity contribution in [2.45, 2.75) is 6.92 Å². The molecule has 0 saturated carbocycles. The molecular formula is C24H19N3O2. The summed E-state index contributed by atoms with van der Waals surface area (Å²) >= 11 is 0. The van der Waals surface area contributed by atoms with E-state index in [1.165, 1.54) is 17.8 Å². The van der Waals surface area contributed by atoms with Crippen molar-refractivity contribution >= 4 is 18.1 Å². The minimum Gasteiger partial charge on any atom is -0.478 e. The fraction of sp³-hybridized carbons (Fsp3) is 0.0417. The van der Waals surface area contributed by atoms with Gasteiger partial charge in [0.25, 0.3) is 0 Å². The van der Waals surface area contributed by atoms with Crippen LogP contribution >= 0.6 is 0 Å². The van der Waals surface area contributed by atoms with Gasteiger partial charge in [0.05, 0.1) is 22.6 Å². The van der Waals surface area contributed by atoms with Gasteiger partial charge in [0.2, 0.25) is 0 Å². The molecule has 0 fully saturated rings. The molecule has 1 N–H and O–H groups in total. The maximum atomic E-state index is 11.2. The number of hydrogen-bond donors (Lipinski definition) is 1. The van der Waals surface area contributed by atoms with Gasteiger partial charge < -0.3 is 5.11 Å². The molecule has 0 amide bonds. The highest BCUT2D eigenvalue weighted by atomic mass is 16.4. The summed E-state index contributed by atoms with van der Waals surface area (Å²) in [5.74, 6) is -0.973. The molecule has 0 aliphatic rings. The lowest BCUT2D eigenvalue weighted by Gasteiger charge is -2.01. The molecule has 0 aliphatic heterocycles. The predicted octanol–water partition coefficient (Wildman–Crippen LogP) is 5.11. The number of nitrogens with zero attached hydrogens (tertiary/aromatic N) is 3. The molecule has 0 unspecified atom stereocenters. The lowest BCUT2D eigenvalue weighted by molar-refractivity contribution is 0.0696. The Hall–Kier alpha value is -3.99. The molecule has 4 aromatic rings. The minimum atomic E-state index is -0.973. The van der Waals surface area contributed by atoms with Gasteiger partial charge in [-0.15, -0.1) is 0 Å². The Bertz CT molecular complexity index is 1180. The summed E-state index contributed by atoms with van der Waals surface area (Å²) < 4.78 is 1.84. The normalized spacial score (nSPS) is 11.1. The second kappa shape index (κ2) is 7.94. The van der Waals surface area contributed by atoms with Crippen molar-refractivity contribution in [2.24, 2.45) is 0 Å². The molecule has 2 aromatic heterocycles. The summed E-state index contributed by atoms with van der Waals surface area (Å²) in [4.78, 5) is 15.4. The van der Waals surface area contributed by atoms with Crippen LogP contribution < -0.4 is 0 Å². The van der Waals surface area contributed by atoms with E-state index in [1.54, 1.807) is 12.1 Å². The summed E-state index contributed by atoms with van der Waals surface area (Å²) in [6, 6.07) is 21.1. The van der Waals surface area contributed by atoms with Gasteiger partial charge in [-0.05, 0) is 43.3 Å². The van der Waals surface area contributed by atoms with Crippen molar-refractivity contribution in [3.8, 4) is 16.9 Å². The molecule has 5 heteroatoms. The molecule has 29 heavy (non-hydrogen) atoms. The van der Waals surface area contributed by atoms with Crippen molar-refractivity contribution < 1.29 is 9.90 Å². The molecule has 0 bridgehead atoms. The molecule has 0 saturated heterocycles. The van der Waals surface area contributed by atoms with Crippen LogP contribution in [0.3, 0.4) is 0 Å². The molecule has 4 rings (SSSR count). The number of rotatable bonds is 5. The van der Waals surface area contributed by atoms with E-state index in [-0.39, 0.29) is 5.56 Å². The molecule has 0 aliphatic carbocycles. The van der Waals surface area contributed by atoms with E-state index in [0.717, 1.165) is 22.5 Å². The fourth-order valence-corrected chi connectivity index (χ4v) is 3.01. The highest BCUT2D eigenvalue weighted by molar-refractivity contribution is 5.88. The maximum absolute atomic E-state index is 11.2. The quantitative estimate of drug-likeness (QED) is 0.521. The highest BCUT2D eigenvalue weighted by Crippen LogP contribution is 2.26. The molecule has 2 aromatic carbocycles. The Labute approximate surface area is 168 Å². The Morgan fingerprint density at radius 1 is 1.00 bits per heavy atom. The van der Waals surface area contributed by atoms with Crippen LogP contribution in [0, 0.1) is 6.92 Å². The summed E-state index contributed by atoms with van der Waals surface area (Å²) in [5, 5.41) is 14.0. The molecular weight excluding hydrogens is 362 g/mol. The van der Waals surface area contributed by atoms with Crippen molar-refractivity contribution in [1.29, 1.82) is 0 Å². The first-order valence-corrected chi connectivity index (χ1v) is 9.20. The summed E-state index contributed by atoms with van der Waals surface area (Å²) in [6.07, 6.45) is 7.17. The minimum absolute atomic E-state index is 0.207. The van der Waals surface area contributed by atoms with Gasteiger partial charge in [-0.1, -0.05) is 48.0 Å². The summed E-state index contributed by atoms with van der Waals surface area (Å²) in [7, 11) is 0. The van der Waals surface area contributed by atoms with Crippen LogP contribution in [0.4, 0.5) is 0 Å². The number of carboxylic acids is 1. The molecule has 0 radical (unpaired) electrons. The van der Waals surface area contributed by atoms with E-state index in [9.17, 15) is 9.90 Å². The number of carbonyl (C=O) groups is 1. The zero-order valence-electron chi connectivity index (χ0n) is 15.9. The Morgan fingerprint density at radius 2 is 1.76 bits per heavy atom. The van der Waals surface area contributed by atoms with E-state index < -0.39 is 5.97 Å². The SMILES string of the molecule is Cc1ccc(-c2nn(-c3ccccc3)cc2/C=C/c2cc(C(=O)O)ccn2)cc1. The lowest BCUT2D eigenvalue weighted by Crippen LogP contribution is -1.96. The van der Waals surface area contributed by atoms with Gasteiger partial charge in [0.1, 0.15) is 0 Å². The number of carboxylic acid groups (broad SMARTS) is 1. The lowest BCUT2D eigenvalue weighted by atomic mass is 10.1. The number of aromatic carboxylic acids is 1. The van der Waals surface area contributed by atoms with Crippen LogP contribution in [0.15, 0.2) is 79.1 Å². The third-order valence-corrected chi connectivity index (χ3v) is 4.55. The van der Waals surface area contributed by atoms with Crippen LogP contribution in [0.5, 0.6) is 0 Å². The van der Waals surface area contributed by atoms with Gasteiger partial charge in [-0.3, -0.25) is 4.98 Å². The van der Waals surface area contributed by atoms with E-state index in [0.29, 0.717) is 5.69 Å². The maximum Gasteiger partial charge on any atom is 0.335 e. The second-order valence-corrected chi connectivity index (χ2v) is 6.69. The first kappa shape index (κ1) is 18.4. The smallest absolute Gasteiger partial charge is 0.335 e. The van der Waals surface area contributed by atoms with Crippen LogP contribution in [0.25, 0.3) is 29.1 Å². The average Bonchev–Trinajstić information content (AvgIpc) is 3.18. The van der Waals surface area contributed by atoms with Gasteiger partial charge >= 0.3 is 5.97 Å². The first-order chi connectivity index (χ1) is 14.1. The van der Waals surface area contributed by atoms with Crippen molar-refractivity contribution in [3.63, 3.8) is 0 Å². The molecule has 5 nitrogen and oxygen atoms in total.